The van der Waals surface area contributed by atoms with Gasteiger partial charge in [-0.05, 0) is 18.6 Å². The van der Waals surface area contributed by atoms with Crippen molar-refractivity contribution in [2.75, 3.05) is 20.3 Å². The van der Waals surface area contributed by atoms with E-state index in [2.05, 4.69) is 10.4 Å². The first-order valence-corrected chi connectivity index (χ1v) is 10.5. The van der Waals surface area contributed by atoms with Gasteiger partial charge in [0.15, 0.2) is 6.61 Å². The number of esters is 1. The normalized spacial score (nSPS) is 13.8. The van der Waals surface area contributed by atoms with Crippen LogP contribution in [0.25, 0.3) is 0 Å². The van der Waals surface area contributed by atoms with Gasteiger partial charge in [-0.1, -0.05) is 48.5 Å². The lowest BCUT2D eigenvalue weighted by atomic mass is 10.1. The summed E-state index contributed by atoms with van der Waals surface area (Å²) in [7, 11) is 1.56. The van der Waals surface area contributed by atoms with Crippen molar-refractivity contribution in [3.05, 3.63) is 65.7 Å². The van der Waals surface area contributed by atoms with E-state index in [0.29, 0.717) is 18.7 Å². The Kier molecular flexibility index (Phi) is 7.96. The zero-order valence-corrected chi connectivity index (χ0v) is 18.2. The van der Waals surface area contributed by atoms with Gasteiger partial charge in [0.05, 0.1) is 31.8 Å². The van der Waals surface area contributed by atoms with Crippen molar-refractivity contribution >= 4 is 23.5 Å². The Morgan fingerprint density at radius 1 is 1.06 bits per heavy atom. The Morgan fingerprint density at radius 3 is 2.53 bits per heavy atom. The van der Waals surface area contributed by atoms with E-state index in [4.69, 9.17) is 9.47 Å². The lowest BCUT2D eigenvalue weighted by molar-refractivity contribution is -0.150. The molecule has 1 N–H and O–H groups in total. The second-order valence-corrected chi connectivity index (χ2v) is 7.37. The molecule has 1 aliphatic rings. The van der Waals surface area contributed by atoms with Gasteiger partial charge in [0.2, 0.25) is 5.91 Å². The maximum atomic E-state index is 12.3. The summed E-state index contributed by atoms with van der Waals surface area (Å²) < 4.78 is 10.3. The van der Waals surface area contributed by atoms with Gasteiger partial charge >= 0.3 is 5.97 Å². The topological polar surface area (TPSA) is 97.3 Å². The maximum Gasteiger partial charge on any atom is 0.306 e. The standard InChI is InChI=1S/C24H27N3O5/c1-17(19-10-6-7-11-21(19)31-2)25-22(28)16-32-24(30)13-12-23(29)27-15-14-20(26-27)18-8-4-3-5-9-18/h3-11,17H,12-16H2,1-2H3,(H,25,28). The van der Waals surface area contributed by atoms with Gasteiger partial charge in [0.1, 0.15) is 5.75 Å². The molecule has 32 heavy (non-hydrogen) atoms. The number of para-hydroxylation sites is 1. The number of hydrogen-bond donors (Lipinski definition) is 1. The molecule has 1 atom stereocenters. The minimum atomic E-state index is -0.607. The Morgan fingerprint density at radius 2 is 1.78 bits per heavy atom. The van der Waals surface area contributed by atoms with Gasteiger partial charge in [-0.15, -0.1) is 0 Å². The van der Waals surface area contributed by atoms with Crippen molar-refractivity contribution in [1.29, 1.82) is 0 Å². The number of methoxy groups -OCH3 is 1. The highest BCUT2D eigenvalue weighted by Gasteiger charge is 2.22. The van der Waals surface area contributed by atoms with E-state index in [1.54, 1.807) is 7.11 Å². The maximum absolute atomic E-state index is 12.3. The molecule has 0 radical (unpaired) electrons. The summed E-state index contributed by atoms with van der Waals surface area (Å²) in [5, 5.41) is 8.51. The minimum absolute atomic E-state index is 0.0242. The number of rotatable bonds is 9. The number of ether oxygens (including phenoxy) is 2. The third-order valence-electron chi connectivity index (χ3n) is 5.09. The molecule has 2 aromatic rings. The zero-order chi connectivity index (χ0) is 22.9. The van der Waals surface area contributed by atoms with Crippen LogP contribution < -0.4 is 10.1 Å². The molecule has 0 bridgehead atoms. The van der Waals surface area contributed by atoms with E-state index >= 15 is 0 Å². The van der Waals surface area contributed by atoms with Gasteiger partial charge < -0.3 is 14.8 Å². The van der Waals surface area contributed by atoms with Gasteiger partial charge in [0, 0.05) is 18.4 Å². The third-order valence-corrected chi connectivity index (χ3v) is 5.09. The largest absolute Gasteiger partial charge is 0.496 e. The lowest BCUT2D eigenvalue weighted by Crippen LogP contribution is -2.31. The highest BCUT2D eigenvalue weighted by atomic mass is 16.5. The number of hydrazone groups is 1. The molecule has 0 fully saturated rings. The van der Waals surface area contributed by atoms with Gasteiger partial charge in [-0.25, -0.2) is 5.01 Å². The molecule has 1 aliphatic heterocycles. The molecule has 3 rings (SSSR count). The molecular formula is C24H27N3O5. The fourth-order valence-corrected chi connectivity index (χ4v) is 3.41. The summed E-state index contributed by atoms with van der Waals surface area (Å²) >= 11 is 0. The quantitative estimate of drug-likeness (QED) is 0.609. The van der Waals surface area contributed by atoms with Crippen LogP contribution in [0, 0.1) is 0 Å². The van der Waals surface area contributed by atoms with Crippen LogP contribution in [0.3, 0.4) is 0 Å². The van der Waals surface area contributed by atoms with Crippen molar-refractivity contribution in [2.24, 2.45) is 5.10 Å². The first-order valence-electron chi connectivity index (χ1n) is 10.5. The number of benzene rings is 2. The molecule has 8 heteroatoms. The Balaban J connectivity index is 1.40. The van der Waals surface area contributed by atoms with E-state index in [-0.39, 0.29) is 24.8 Å². The molecule has 2 amide bonds. The molecule has 0 aromatic heterocycles. The average Bonchev–Trinajstić information content (AvgIpc) is 3.32. The second-order valence-electron chi connectivity index (χ2n) is 7.37. The molecule has 2 aromatic carbocycles. The number of nitrogens with one attached hydrogen (secondary N) is 1. The molecular weight excluding hydrogens is 410 g/mol. The molecule has 0 saturated heterocycles. The fraction of sp³-hybridized carbons (Fsp3) is 0.333. The van der Waals surface area contributed by atoms with Crippen molar-refractivity contribution in [2.45, 2.75) is 32.2 Å². The summed E-state index contributed by atoms with van der Waals surface area (Å²) in [4.78, 5) is 36.5. The van der Waals surface area contributed by atoms with Crippen molar-refractivity contribution in [1.82, 2.24) is 10.3 Å². The van der Waals surface area contributed by atoms with E-state index in [1.807, 2.05) is 61.5 Å². The Bertz CT molecular complexity index is 990. The molecule has 168 valence electrons. The van der Waals surface area contributed by atoms with E-state index < -0.39 is 18.5 Å². The smallest absolute Gasteiger partial charge is 0.306 e. The van der Waals surface area contributed by atoms with Crippen molar-refractivity contribution < 1.29 is 23.9 Å². The van der Waals surface area contributed by atoms with E-state index in [0.717, 1.165) is 16.8 Å². The molecule has 0 saturated carbocycles. The van der Waals surface area contributed by atoms with Crippen LogP contribution in [0.2, 0.25) is 0 Å². The Labute approximate surface area is 187 Å². The number of carbonyl (C=O) groups excluding carboxylic acids is 3. The first-order chi connectivity index (χ1) is 15.5. The van der Waals surface area contributed by atoms with Gasteiger partial charge in [-0.3, -0.25) is 14.4 Å². The summed E-state index contributed by atoms with van der Waals surface area (Å²) in [5.74, 6) is -0.623. The number of hydrogen-bond acceptors (Lipinski definition) is 6. The summed E-state index contributed by atoms with van der Waals surface area (Å²) in [6, 6.07) is 16.7. The molecule has 0 spiro atoms. The van der Waals surface area contributed by atoms with Crippen LogP contribution >= 0.6 is 0 Å². The predicted octanol–water partition coefficient (Wildman–Crippen LogP) is 2.83. The van der Waals surface area contributed by atoms with Crippen LogP contribution in [0.4, 0.5) is 0 Å². The van der Waals surface area contributed by atoms with Crippen LogP contribution in [0.1, 0.15) is 43.4 Å². The Hall–Kier alpha value is -3.68. The molecule has 1 unspecified atom stereocenters. The molecule has 1 heterocycles. The summed E-state index contributed by atoms with van der Waals surface area (Å²) in [6.07, 6.45) is 0.537. The molecule has 0 aliphatic carbocycles. The number of amides is 2. The zero-order valence-electron chi connectivity index (χ0n) is 18.2. The number of carbonyl (C=O) groups is 3. The van der Waals surface area contributed by atoms with Crippen molar-refractivity contribution in [3.8, 4) is 5.75 Å². The summed E-state index contributed by atoms with van der Waals surface area (Å²) in [5.41, 5.74) is 2.65. The fourth-order valence-electron chi connectivity index (χ4n) is 3.41. The third kappa shape index (κ3) is 6.16. The van der Waals surface area contributed by atoms with Gasteiger partial charge in [-0.2, -0.15) is 5.10 Å². The highest BCUT2D eigenvalue weighted by Crippen LogP contribution is 2.24. The monoisotopic (exact) mass is 437 g/mol. The minimum Gasteiger partial charge on any atom is -0.496 e. The predicted molar refractivity (Wildman–Crippen MR) is 119 cm³/mol. The molecule has 8 nitrogen and oxygen atoms in total. The van der Waals surface area contributed by atoms with Gasteiger partial charge in [0.25, 0.3) is 5.91 Å². The van der Waals surface area contributed by atoms with Crippen LogP contribution in [-0.4, -0.2) is 48.8 Å². The van der Waals surface area contributed by atoms with E-state index in [1.165, 1.54) is 5.01 Å². The average molecular weight is 437 g/mol. The number of nitrogens with zero attached hydrogens (tertiary/aromatic N) is 2. The second kappa shape index (κ2) is 11.1. The first kappa shape index (κ1) is 23.0. The van der Waals surface area contributed by atoms with E-state index in [9.17, 15) is 14.4 Å². The SMILES string of the molecule is COc1ccccc1C(C)NC(=O)COC(=O)CCC(=O)N1CCC(c2ccccc2)=N1. The summed E-state index contributed by atoms with van der Waals surface area (Å²) in [6.45, 7) is 1.89. The highest BCUT2D eigenvalue weighted by molar-refractivity contribution is 6.02. The van der Waals surface area contributed by atoms with Crippen LogP contribution in [-0.2, 0) is 19.1 Å². The lowest BCUT2D eigenvalue weighted by Gasteiger charge is -2.17. The van der Waals surface area contributed by atoms with Crippen LogP contribution in [0.15, 0.2) is 59.7 Å². The van der Waals surface area contributed by atoms with Crippen molar-refractivity contribution in [3.63, 3.8) is 0 Å². The van der Waals surface area contributed by atoms with Crippen LogP contribution in [0.5, 0.6) is 5.75 Å².